The fourth-order valence-corrected chi connectivity index (χ4v) is 2.83. The van der Waals surface area contributed by atoms with Crippen LogP contribution in [0.4, 0.5) is 5.69 Å². The second-order valence-corrected chi connectivity index (χ2v) is 5.39. The van der Waals surface area contributed by atoms with Crippen molar-refractivity contribution in [1.82, 2.24) is 0 Å². The van der Waals surface area contributed by atoms with Gasteiger partial charge in [-0.15, -0.1) is 0 Å². The molecule has 2 aromatic carbocycles. The highest BCUT2D eigenvalue weighted by molar-refractivity contribution is 6.31. The Bertz CT molecular complexity index is 757. The standard InChI is InChI=1S/C17H14ClNO3/c1-2-22-17(21)15-13-9-10(18)7-8-11(13)12-5-3-4-6-14(12)19-16(15)20/h3-9,15H,2H2,1H3,(H,19,20). The van der Waals surface area contributed by atoms with E-state index < -0.39 is 17.8 Å². The summed E-state index contributed by atoms with van der Waals surface area (Å²) in [5.41, 5.74) is 2.89. The fourth-order valence-electron chi connectivity index (χ4n) is 2.65. The molecule has 0 aromatic heterocycles. The molecule has 1 amide bonds. The van der Waals surface area contributed by atoms with Crippen molar-refractivity contribution >= 4 is 29.2 Å². The number of carbonyl (C=O) groups excluding carboxylic acids is 2. The number of para-hydroxylation sites is 1. The smallest absolute Gasteiger partial charge is 0.323 e. The summed E-state index contributed by atoms with van der Waals surface area (Å²) in [6.07, 6.45) is 0. The molecule has 1 aliphatic heterocycles. The van der Waals surface area contributed by atoms with E-state index in [1.807, 2.05) is 24.3 Å². The number of esters is 1. The lowest BCUT2D eigenvalue weighted by molar-refractivity contribution is -0.147. The highest BCUT2D eigenvalue weighted by Crippen LogP contribution is 2.39. The maximum absolute atomic E-state index is 12.5. The number of rotatable bonds is 2. The van der Waals surface area contributed by atoms with E-state index in [9.17, 15) is 9.59 Å². The third kappa shape index (κ3) is 2.46. The molecule has 1 unspecified atom stereocenters. The van der Waals surface area contributed by atoms with Gasteiger partial charge in [0.25, 0.3) is 0 Å². The number of hydrogen-bond donors (Lipinski definition) is 1. The first-order valence-corrected chi connectivity index (χ1v) is 7.36. The summed E-state index contributed by atoms with van der Waals surface area (Å²) in [5, 5.41) is 3.27. The number of ether oxygens (including phenoxy) is 1. The van der Waals surface area contributed by atoms with Crippen LogP contribution in [0.15, 0.2) is 42.5 Å². The molecule has 1 heterocycles. The van der Waals surface area contributed by atoms with Gasteiger partial charge < -0.3 is 10.1 Å². The molecule has 1 atom stereocenters. The number of nitrogens with one attached hydrogen (secondary N) is 1. The molecule has 0 aliphatic carbocycles. The molecule has 4 nitrogen and oxygen atoms in total. The van der Waals surface area contributed by atoms with Crippen LogP contribution in [0.2, 0.25) is 5.02 Å². The molecular formula is C17H14ClNO3. The molecule has 0 spiro atoms. The molecule has 0 saturated heterocycles. The Hall–Kier alpha value is -2.33. The molecule has 5 heteroatoms. The number of hydrogen-bond acceptors (Lipinski definition) is 3. The van der Waals surface area contributed by atoms with Crippen LogP contribution in [0.3, 0.4) is 0 Å². The van der Waals surface area contributed by atoms with E-state index in [0.717, 1.165) is 11.1 Å². The molecule has 1 N–H and O–H groups in total. The Labute approximate surface area is 133 Å². The summed E-state index contributed by atoms with van der Waals surface area (Å²) >= 11 is 6.07. The van der Waals surface area contributed by atoms with E-state index in [-0.39, 0.29) is 6.61 Å². The number of benzene rings is 2. The summed E-state index contributed by atoms with van der Waals surface area (Å²) in [5.74, 6) is -2.01. The number of anilines is 1. The third-order valence-electron chi connectivity index (χ3n) is 3.58. The van der Waals surface area contributed by atoms with Crippen LogP contribution in [0, 0.1) is 0 Å². The topological polar surface area (TPSA) is 55.4 Å². The fraction of sp³-hybridized carbons (Fsp3) is 0.176. The number of halogens is 1. The van der Waals surface area contributed by atoms with Gasteiger partial charge in [-0.05, 0) is 36.2 Å². The zero-order valence-corrected chi connectivity index (χ0v) is 12.7. The van der Waals surface area contributed by atoms with Gasteiger partial charge in [-0.25, -0.2) is 0 Å². The minimum absolute atomic E-state index is 0.214. The van der Waals surface area contributed by atoms with E-state index in [0.29, 0.717) is 16.3 Å². The average molecular weight is 316 g/mol. The zero-order chi connectivity index (χ0) is 15.7. The Balaban J connectivity index is 2.23. The van der Waals surface area contributed by atoms with Crippen LogP contribution in [0.5, 0.6) is 0 Å². The van der Waals surface area contributed by atoms with Gasteiger partial charge in [0.05, 0.1) is 6.61 Å². The Morgan fingerprint density at radius 3 is 2.77 bits per heavy atom. The quantitative estimate of drug-likeness (QED) is 0.680. The van der Waals surface area contributed by atoms with E-state index in [1.165, 1.54) is 0 Å². The predicted molar refractivity (Wildman–Crippen MR) is 84.9 cm³/mol. The first-order chi connectivity index (χ1) is 10.6. The Morgan fingerprint density at radius 1 is 1.23 bits per heavy atom. The van der Waals surface area contributed by atoms with Crippen molar-refractivity contribution in [3.63, 3.8) is 0 Å². The van der Waals surface area contributed by atoms with Crippen LogP contribution in [0.25, 0.3) is 11.1 Å². The molecule has 0 radical (unpaired) electrons. The van der Waals surface area contributed by atoms with Crippen molar-refractivity contribution in [2.24, 2.45) is 0 Å². The van der Waals surface area contributed by atoms with Crippen molar-refractivity contribution in [1.29, 1.82) is 0 Å². The monoisotopic (exact) mass is 315 g/mol. The maximum Gasteiger partial charge on any atom is 0.323 e. The van der Waals surface area contributed by atoms with Gasteiger partial charge in [-0.3, -0.25) is 9.59 Å². The van der Waals surface area contributed by atoms with Gasteiger partial charge in [-0.2, -0.15) is 0 Å². The van der Waals surface area contributed by atoms with Crippen molar-refractivity contribution in [3.05, 3.63) is 53.1 Å². The van der Waals surface area contributed by atoms with E-state index >= 15 is 0 Å². The van der Waals surface area contributed by atoms with Crippen LogP contribution < -0.4 is 5.32 Å². The molecule has 112 valence electrons. The highest BCUT2D eigenvalue weighted by atomic mass is 35.5. The van der Waals surface area contributed by atoms with Gasteiger partial charge >= 0.3 is 5.97 Å². The highest BCUT2D eigenvalue weighted by Gasteiger charge is 2.35. The number of carbonyl (C=O) groups is 2. The minimum Gasteiger partial charge on any atom is -0.465 e. The van der Waals surface area contributed by atoms with E-state index in [2.05, 4.69) is 5.32 Å². The predicted octanol–water partition coefficient (Wildman–Crippen LogP) is 3.61. The van der Waals surface area contributed by atoms with Crippen molar-refractivity contribution in [2.75, 3.05) is 11.9 Å². The van der Waals surface area contributed by atoms with E-state index in [1.54, 1.807) is 25.1 Å². The lowest BCUT2D eigenvalue weighted by Crippen LogP contribution is -2.28. The molecular weight excluding hydrogens is 302 g/mol. The van der Waals surface area contributed by atoms with Crippen LogP contribution >= 0.6 is 11.6 Å². The van der Waals surface area contributed by atoms with Gasteiger partial charge in [0.1, 0.15) is 0 Å². The third-order valence-corrected chi connectivity index (χ3v) is 3.82. The Kier molecular flexibility index (Phi) is 3.86. The van der Waals surface area contributed by atoms with E-state index in [4.69, 9.17) is 16.3 Å². The lowest BCUT2D eigenvalue weighted by Gasteiger charge is -2.15. The molecule has 3 rings (SSSR count). The molecule has 0 saturated carbocycles. The first kappa shape index (κ1) is 14.6. The summed E-state index contributed by atoms with van der Waals surface area (Å²) in [7, 11) is 0. The van der Waals surface area contributed by atoms with Gasteiger partial charge in [0.15, 0.2) is 5.92 Å². The van der Waals surface area contributed by atoms with Crippen LogP contribution in [-0.4, -0.2) is 18.5 Å². The molecule has 0 fully saturated rings. The van der Waals surface area contributed by atoms with Crippen molar-refractivity contribution in [2.45, 2.75) is 12.8 Å². The lowest BCUT2D eigenvalue weighted by atomic mass is 9.91. The van der Waals surface area contributed by atoms with Crippen LogP contribution in [0.1, 0.15) is 18.4 Å². The summed E-state index contributed by atoms with van der Waals surface area (Å²) < 4.78 is 5.06. The van der Waals surface area contributed by atoms with Gasteiger partial charge in [0.2, 0.25) is 5.91 Å². The van der Waals surface area contributed by atoms with Crippen molar-refractivity contribution in [3.8, 4) is 11.1 Å². The second kappa shape index (κ2) is 5.81. The molecule has 0 bridgehead atoms. The second-order valence-electron chi connectivity index (χ2n) is 4.95. The van der Waals surface area contributed by atoms with Crippen molar-refractivity contribution < 1.29 is 14.3 Å². The van der Waals surface area contributed by atoms with Gasteiger partial charge in [0, 0.05) is 16.3 Å². The largest absolute Gasteiger partial charge is 0.465 e. The van der Waals surface area contributed by atoms with Crippen LogP contribution in [-0.2, 0) is 14.3 Å². The maximum atomic E-state index is 12.5. The minimum atomic E-state index is -1.03. The zero-order valence-electron chi connectivity index (χ0n) is 11.9. The number of fused-ring (bicyclic) bond motifs is 3. The normalized spacial score (nSPS) is 16.1. The summed E-state index contributed by atoms with van der Waals surface area (Å²) in [6, 6.07) is 12.6. The Morgan fingerprint density at radius 2 is 2.00 bits per heavy atom. The molecule has 22 heavy (non-hydrogen) atoms. The summed E-state index contributed by atoms with van der Waals surface area (Å²) in [6.45, 7) is 1.92. The summed E-state index contributed by atoms with van der Waals surface area (Å²) in [4.78, 5) is 24.8. The average Bonchev–Trinajstić information content (AvgIpc) is 2.60. The number of amides is 1. The molecule has 2 aromatic rings. The first-order valence-electron chi connectivity index (χ1n) is 6.98. The SMILES string of the molecule is CCOC(=O)C1C(=O)Nc2ccccc2-c2ccc(Cl)cc21. The molecule has 1 aliphatic rings. The van der Waals surface area contributed by atoms with Gasteiger partial charge in [-0.1, -0.05) is 35.9 Å².